The van der Waals surface area contributed by atoms with Crippen molar-refractivity contribution in [1.82, 2.24) is 10.2 Å². The molecule has 1 aliphatic heterocycles. The standard InChI is InChI=1S/C11H24N2O2/c1-4-12-7-10(14)8-13-5-6-15-9-11(13,2)3/h10,12,14H,4-9H2,1-3H3. The number of aliphatic hydroxyl groups is 1. The van der Waals surface area contributed by atoms with Crippen molar-refractivity contribution in [3.8, 4) is 0 Å². The highest BCUT2D eigenvalue weighted by Gasteiger charge is 2.31. The summed E-state index contributed by atoms with van der Waals surface area (Å²) in [5.74, 6) is 0. The summed E-state index contributed by atoms with van der Waals surface area (Å²) in [4.78, 5) is 2.30. The molecule has 0 aliphatic carbocycles. The second-order valence-electron chi connectivity index (χ2n) is 4.77. The van der Waals surface area contributed by atoms with E-state index in [9.17, 15) is 5.11 Å². The van der Waals surface area contributed by atoms with E-state index in [-0.39, 0.29) is 11.6 Å². The van der Waals surface area contributed by atoms with Crippen LogP contribution in [0.1, 0.15) is 20.8 Å². The molecule has 0 aromatic carbocycles. The molecule has 0 spiro atoms. The number of aliphatic hydroxyl groups excluding tert-OH is 1. The Labute approximate surface area is 92.6 Å². The highest BCUT2D eigenvalue weighted by Crippen LogP contribution is 2.18. The summed E-state index contributed by atoms with van der Waals surface area (Å²) in [7, 11) is 0. The average molecular weight is 216 g/mol. The molecule has 4 heteroatoms. The molecule has 0 aromatic rings. The fourth-order valence-corrected chi connectivity index (χ4v) is 1.86. The van der Waals surface area contributed by atoms with E-state index in [1.165, 1.54) is 0 Å². The van der Waals surface area contributed by atoms with Crippen LogP contribution < -0.4 is 5.32 Å². The van der Waals surface area contributed by atoms with Crippen molar-refractivity contribution in [3.05, 3.63) is 0 Å². The van der Waals surface area contributed by atoms with Gasteiger partial charge in [-0.05, 0) is 20.4 Å². The van der Waals surface area contributed by atoms with Crippen molar-refractivity contribution in [2.75, 3.05) is 39.4 Å². The van der Waals surface area contributed by atoms with Crippen molar-refractivity contribution < 1.29 is 9.84 Å². The van der Waals surface area contributed by atoms with Gasteiger partial charge >= 0.3 is 0 Å². The first kappa shape index (κ1) is 12.9. The molecule has 2 N–H and O–H groups in total. The van der Waals surface area contributed by atoms with Gasteiger partial charge in [-0.15, -0.1) is 0 Å². The Morgan fingerprint density at radius 3 is 2.87 bits per heavy atom. The molecule has 0 saturated carbocycles. The number of rotatable bonds is 5. The van der Waals surface area contributed by atoms with Crippen molar-refractivity contribution in [2.24, 2.45) is 0 Å². The van der Waals surface area contributed by atoms with Crippen molar-refractivity contribution in [1.29, 1.82) is 0 Å². The SMILES string of the molecule is CCNCC(O)CN1CCOCC1(C)C. The number of hydrogen-bond donors (Lipinski definition) is 2. The molecular weight excluding hydrogens is 192 g/mol. The first-order chi connectivity index (χ1) is 7.06. The van der Waals surface area contributed by atoms with Crippen molar-refractivity contribution in [2.45, 2.75) is 32.4 Å². The summed E-state index contributed by atoms with van der Waals surface area (Å²) in [6.07, 6.45) is -0.290. The first-order valence-electron chi connectivity index (χ1n) is 5.78. The lowest BCUT2D eigenvalue weighted by Gasteiger charge is -2.43. The van der Waals surface area contributed by atoms with E-state index in [0.717, 1.165) is 32.8 Å². The molecule has 0 bridgehead atoms. The van der Waals surface area contributed by atoms with Crippen LogP contribution in [0.25, 0.3) is 0 Å². The summed E-state index contributed by atoms with van der Waals surface area (Å²) in [6, 6.07) is 0. The van der Waals surface area contributed by atoms with E-state index < -0.39 is 0 Å². The van der Waals surface area contributed by atoms with Gasteiger partial charge in [0.25, 0.3) is 0 Å². The van der Waals surface area contributed by atoms with Gasteiger partial charge in [0.1, 0.15) is 0 Å². The molecule has 90 valence electrons. The van der Waals surface area contributed by atoms with Gasteiger partial charge in [-0.3, -0.25) is 4.90 Å². The predicted molar refractivity (Wildman–Crippen MR) is 61.0 cm³/mol. The van der Waals surface area contributed by atoms with Gasteiger partial charge < -0.3 is 15.2 Å². The van der Waals surface area contributed by atoms with E-state index in [2.05, 4.69) is 24.1 Å². The number of β-amino-alcohol motifs (C(OH)–C–C–N with tert-alkyl or cyclic N) is 1. The topological polar surface area (TPSA) is 44.7 Å². The van der Waals surface area contributed by atoms with Crippen molar-refractivity contribution in [3.63, 3.8) is 0 Å². The number of hydrogen-bond acceptors (Lipinski definition) is 4. The third kappa shape index (κ3) is 4.07. The van der Waals surface area contributed by atoms with Crippen LogP contribution in [0.15, 0.2) is 0 Å². The number of nitrogens with one attached hydrogen (secondary N) is 1. The normalized spacial score (nSPS) is 24.0. The zero-order valence-corrected chi connectivity index (χ0v) is 10.1. The van der Waals surface area contributed by atoms with Gasteiger partial charge in [-0.1, -0.05) is 6.92 Å². The Hall–Kier alpha value is -0.160. The largest absolute Gasteiger partial charge is 0.390 e. The quantitative estimate of drug-likeness (QED) is 0.682. The minimum Gasteiger partial charge on any atom is -0.390 e. The third-order valence-corrected chi connectivity index (χ3v) is 2.88. The molecule has 1 rings (SSSR count). The maximum absolute atomic E-state index is 9.82. The van der Waals surface area contributed by atoms with Gasteiger partial charge in [-0.2, -0.15) is 0 Å². The van der Waals surface area contributed by atoms with Crippen LogP contribution in [0, 0.1) is 0 Å². The van der Waals surface area contributed by atoms with Crippen LogP contribution in [0.3, 0.4) is 0 Å². The van der Waals surface area contributed by atoms with Gasteiger partial charge in [0, 0.05) is 25.2 Å². The molecule has 1 fully saturated rings. The summed E-state index contributed by atoms with van der Waals surface area (Å²) in [5.41, 5.74) is 0.0471. The van der Waals surface area contributed by atoms with Crippen LogP contribution in [-0.4, -0.2) is 61.0 Å². The fraction of sp³-hybridized carbons (Fsp3) is 1.00. The van der Waals surface area contributed by atoms with E-state index in [1.807, 2.05) is 6.92 Å². The average Bonchev–Trinajstić information content (AvgIpc) is 2.18. The maximum Gasteiger partial charge on any atom is 0.0791 e. The molecule has 15 heavy (non-hydrogen) atoms. The summed E-state index contributed by atoms with van der Waals surface area (Å²) < 4.78 is 5.44. The maximum atomic E-state index is 9.82. The van der Waals surface area contributed by atoms with E-state index >= 15 is 0 Å². The molecule has 1 saturated heterocycles. The van der Waals surface area contributed by atoms with Gasteiger partial charge in [0.15, 0.2) is 0 Å². The lowest BCUT2D eigenvalue weighted by molar-refractivity contribution is -0.0659. The minimum absolute atomic E-state index is 0.0471. The number of morpholine rings is 1. The Kier molecular flexibility index (Phi) is 4.99. The molecule has 0 radical (unpaired) electrons. The van der Waals surface area contributed by atoms with E-state index in [4.69, 9.17) is 4.74 Å². The van der Waals surface area contributed by atoms with Crippen LogP contribution in [0.5, 0.6) is 0 Å². The zero-order valence-electron chi connectivity index (χ0n) is 10.1. The molecule has 0 amide bonds. The summed E-state index contributed by atoms with van der Waals surface area (Å²) in [6.45, 7) is 11.1. The van der Waals surface area contributed by atoms with Gasteiger partial charge in [-0.25, -0.2) is 0 Å². The third-order valence-electron chi connectivity index (χ3n) is 2.88. The second kappa shape index (κ2) is 5.80. The van der Waals surface area contributed by atoms with Gasteiger partial charge in [0.2, 0.25) is 0 Å². The Bertz CT molecular complexity index is 185. The van der Waals surface area contributed by atoms with Crippen LogP contribution in [0.4, 0.5) is 0 Å². The van der Waals surface area contributed by atoms with Crippen molar-refractivity contribution >= 4 is 0 Å². The Morgan fingerprint density at radius 2 is 2.27 bits per heavy atom. The zero-order chi connectivity index (χ0) is 11.3. The smallest absolute Gasteiger partial charge is 0.0791 e. The number of nitrogens with zero attached hydrogens (tertiary/aromatic N) is 1. The Balaban J connectivity index is 2.34. The van der Waals surface area contributed by atoms with Crippen LogP contribution >= 0.6 is 0 Å². The molecule has 1 unspecified atom stereocenters. The molecule has 0 aromatic heterocycles. The second-order valence-corrected chi connectivity index (χ2v) is 4.77. The van der Waals surface area contributed by atoms with E-state index in [0.29, 0.717) is 6.54 Å². The highest BCUT2D eigenvalue weighted by atomic mass is 16.5. The number of likely N-dealkylation sites (N-methyl/N-ethyl adjacent to an activating group) is 1. The predicted octanol–water partition coefficient (Wildman–Crippen LogP) is 0.0676. The lowest BCUT2D eigenvalue weighted by atomic mass is 10.0. The lowest BCUT2D eigenvalue weighted by Crippen LogP contribution is -2.55. The molecule has 1 heterocycles. The molecule has 1 aliphatic rings. The van der Waals surface area contributed by atoms with Crippen LogP contribution in [-0.2, 0) is 4.74 Å². The number of ether oxygens (including phenoxy) is 1. The van der Waals surface area contributed by atoms with Gasteiger partial charge in [0.05, 0.1) is 19.3 Å². The van der Waals surface area contributed by atoms with E-state index in [1.54, 1.807) is 0 Å². The fourth-order valence-electron chi connectivity index (χ4n) is 1.86. The minimum atomic E-state index is -0.290. The summed E-state index contributed by atoms with van der Waals surface area (Å²) in [5, 5.41) is 13.0. The highest BCUT2D eigenvalue weighted by molar-refractivity contribution is 4.85. The molecule has 1 atom stereocenters. The Morgan fingerprint density at radius 1 is 1.53 bits per heavy atom. The molecule has 4 nitrogen and oxygen atoms in total. The first-order valence-corrected chi connectivity index (χ1v) is 5.78. The monoisotopic (exact) mass is 216 g/mol. The van der Waals surface area contributed by atoms with Crippen LogP contribution in [0.2, 0.25) is 0 Å². The molecular formula is C11H24N2O2. The summed E-state index contributed by atoms with van der Waals surface area (Å²) >= 11 is 0.